The summed E-state index contributed by atoms with van der Waals surface area (Å²) >= 11 is 3.54. The van der Waals surface area contributed by atoms with Crippen molar-refractivity contribution in [1.82, 2.24) is 0 Å². The normalized spacial score (nSPS) is 14.2. The van der Waals surface area contributed by atoms with Crippen molar-refractivity contribution >= 4 is 15.9 Å². The highest BCUT2D eigenvalue weighted by atomic mass is 79.9. The lowest BCUT2D eigenvalue weighted by atomic mass is 10.0. The summed E-state index contributed by atoms with van der Waals surface area (Å²) < 4.78 is 17.2. The van der Waals surface area contributed by atoms with E-state index in [-0.39, 0.29) is 12.1 Å². The van der Waals surface area contributed by atoms with Gasteiger partial charge in [0.1, 0.15) is 0 Å². The van der Waals surface area contributed by atoms with Crippen LogP contribution in [0, 0.1) is 0 Å². The van der Waals surface area contributed by atoms with E-state index in [1.807, 2.05) is 31.2 Å². The number of halogens is 1. The highest BCUT2D eigenvalue weighted by Gasteiger charge is 2.18. The molecular formula is C15H24BrNO3. The molecule has 4 nitrogen and oxygen atoms in total. The molecular weight excluding hydrogens is 322 g/mol. The Balaban J connectivity index is 2.36. The monoisotopic (exact) mass is 345 g/mol. The average Bonchev–Trinajstić information content (AvgIpc) is 2.43. The van der Waals surface area contributed by atoms with E-state index in [2.05, 4.69) is 15.9 Å². The molecule has 0 fully saturated rings. The number of nitrogens with two attached hydrogens (primary N) is 1. The largest absolute Gasteiger partial charge is 0.382 e. The van der Waals surface area contributed by atoms with Crippen LogP contribution >= 0.6 is 15.9 Å². The second-order valence-corrected chi connectivity index (χ2v) is 5.49. The number of rotatable bonds is 10. The van der Waals surface area contributed by atoms with Crippen molar-refractivity contribution in [1.29, 1.82) is 0 Å². The molecule has 1 aromatic carbocycles. The number of hydrogen-bond donors (Lipinski definition) is 1. The van der Waals surface area contributed by atoms with Gasteiger partial charge in [0.25, 0.3) is 0 Å². The van der Waals surface area contributed by atoms with Crippen molar-refractivity contribution in [2.45, 2.75) is 25.5 Å². The number of hydrogen-bond acceptors (Lipinski definition) is 4. The predicted molar refractivity (Wildman–Crippen MR) is 83.8 cm³/mol. The first-order chi connectivity index (χ1) is 9.66. The second-order valence-electron chi connectivity index (χ2n) is 4.63. The van der Waals surface area contributed by atoms with Crippen LogP contribution in [0.3, 0.4) is 0 Å². The van der Waals surface area contributed by atoms with E-state index in [9.17, 15) is 0 Å². The van der Waals surface area contributed by atoms with Crippen LogP contribution in [-0.2, 0) is 14.2 Å². The standard InChI is InChI=1S/C15H24BrNO3/c1-12(17)15(13-6-3-4-7-14(13)16)20-9-5-8-19-11-10-18-2/h3-4,6-7,12,15H,5,8-11,17H2,1-2H3. The Morgan fingerprint density at radius 3 is 2.55 bits per heavy atom. The van der Waals surface area contributed by atoms with E-state index in [1.165, 1.54) is 0 Å². The van der Waals surface area contributed by atoms with Gasteiger partial charge in [-0.15, -0.1) is 0 Å². The third-order valence-electron chi connectivity index (χ3n) is 2.85. The van der Waals surface area contributed by atoms with Crippen LogP contribution in [-0.4, -0.2) is 39.6 Å². The molecule has 0 radical (unpaired) electrons. The molecule has 0 amide bonds. The Bertz CT molecular complexity index is 374. The van der Waals surface area contributed by atoms with Gasteiger partial charge in [-0.05, 0) is 25.0 Å². The van der Waals surface area contributed by atoms with Gasteiger partial charge in [-0.2, -0.15) is 0 Å². The van der Waals surface area contributed by atoms with Crippen molar-refractivity contribution in [3.63, 3.8) is 0 Å². The molecule has 2 unspecified atom stereocenters. The van der Waals surface area contributed by atoms with Crippen molar-refractivity contribution in [2.75, 3.05) is 33.5 Å². The zero-order valence-electron chi connectivity index (χ0n) is 12.2. The smallest absolute Gasteiger partial charge is 0.0983 e. The third kappa shape index (κ3) is 6.33. The maximum atomic E-state index is 6.02. The Morgan fingerprint density at radius 2 is 1.90 bits per heavy atom. The van der Waals surface area contributed by atoms with Crippen LogP contribution < -0.4 is 5.73 Å². The number of benzene rings is 1. The summed E-state index contributed by atoms with van der Waals surface area (Å²) in [4.78, 5) is 0. The molecule has 0 aliphatic heterocycles. The van der Waals surface area contributed by atoms with Crippen molar-refractivity contribution in [2.24, 2.45) is 5.73 Å². The van der Waals surface area contributed by atoms with Crippen molar-refractivity contribution in [3.8, 4) is 0 Å². The summed E-state index contributed by atoms with van der Waals surface area (Å²) in [6.07, 6.45) is 0.738. The molecule has 0 heterocycles. The van der Waals surface area contributed by atoms with Gasteiger partial charge < -0.3 is 19.9 Å². The van der Waals surface area contributed by atoms with Gasteiger partial charge in [-0.25, -0.2) is 0 Å². The first-order valence-corrected chi connectivity index (χ1v) is 7.64. The molecule has 0 saturated heterocycles. The van der Waals surface area contributed by atoms with Gasteiger partial charge in [0, 0.05) is 30.8 Å². The fraction of sp³-hybridized carbons (Fsp3) is 0.600. The van der Waals surface area contributed by atoms with Gasteiger partial charge in [-0.3, -0.25) is 0 Å². The summed E-state index contributed by atoms with van der Waals surface area (Å²) in [6.45, 7) is 4.50. The van der Waals surface area contributed by atoms with Crippen LogP contribution in [0.1, 0.15) is 25.0 Å². The summed E-state index contributed by atoms with van der Waals surface area (Å²) in [5.74, 6) is 0. The van der Waals surface area contributed by atoms with Gasteiger partial charge >= 0.3 is 0 Å². The molecule has 0 aliphatic rings. The molecule has 0 spiro atoms. The molecule has 0 bridgehead atoms. The zero-order chi connectivity index (χ0) is 14.8. The first kappa shape index (κ1) is 17.6. The van der Waals surface area contributed by atoms with Gasteiger partial charge in [0.05, 0.1) is 19.3 Å². The summed E-state index contributed by atoms with van der Waals surface area (Å²) in [7, 11) is 1.66. The SMILES string of the molecule is COCCOCCCOC(c1ccccc1Br)C(C)N. The van der Waals surface area contributed by atoms with Crippen molar-refractivity contribution in [3.05, 3.63) is 34.3 Å². The summed E-state index contributed by atoms with van der Waals surface area (Å²) in [5.41, 5.74) is 7.11. The van der Waals surface area contributed by atoms with Crippen LogP contribution in [0.4, 0.5) is 0 Å². The molecule has 114 valence electrons. The summed E-state index contributed by atoms with van der Waals surface area (Å²) in [5, 5.41) is 0. The Morgan fingerprint density at radius 1 is 1.15 bits per heavy atom. The van der Waals surface area contributed by atoms with Gasteiger partial charge in [0.2, 0.25) is 0 Å². The van der Waals surface area contributed by atoms with Gasteiger partial charge in [0.15, 0.2) is 0 Å². The van der Waals surface area contributed by atoms with E-state index < -0.39 is 0 Å². The first-order valence-electron chi connectivity index (χ1n) is 6.85. The molecule has 1 rings (SSSR count). The fourth-order valence-electron chi connectivity index (χ4n) is 1.85. The van der Waals surface area contributed by atoms with Crippen LogP contribution in [0.15, 0.2) is 28.7 Å². The molecule has 20 heavy (non-hydrogen) atoms. The second kappa shape index (κ2) is 10.3. The number of ether oxygens (including phenoxy) is 3. The van der Waals surface area contributed by atoms with E-state index in [1.54, 1.807) is 7.11 Å². The maximum Gasteiger partial charge on any atom is 0.0983 e. The highest BCUT2D eigenvalue weighted by Crippen LogP contribution is 2.27. The molecule has 1 aromatic rings. The molecule has 2 atom stereocenters. The molecule has 0 aliphatic carbocycles. The maximum absolute atomic E-state index is 6.02. The Labute approximate surface area is 129 Å². The van der Waals surface area contributed by atoms with Crippen LogP contribution in [0.2, 0.25) is 0 Å². The lowest BCUT2D eigenvalue weighted by Crippen LogP contribution is -2.27. The predicted octanol–water partition coefficient (Wildman–Crippen LogP) is 2.91. The summed E-state index contributed by atoms with van der Waals surface area (Å²) in [6, 6.07) is 7.94. The molecule has 2 N–H and O–H groups in total. The van der Waals surface area contributed by atoms with Crippen molar-refractivity contribution < 1.29 is 14.2 Å². The molecule has 0 saturated carbocycles. The number of methoxy groups -OCH3 is 1. The fourth-order valence-corrected chi connectivity index (χ4v) is 2.36. The quantitative estimate of drug-likeness (QED) is 0.662. The minimum atomic E-state index is -0.107. The van der Waals surface area contributed by atoms with Gasteiger partial charge in [-0.1, -0.05) is 34.1 Å². The minimum absolute atomic E-state index is 0.0666. The topological polar surface area (TPSA) is 53.7 Å². The molecule has 0 aromatic heterocycles. The van der Waals surface area contributed by atoms with E-state index in [4.69, 9.17) is 19.9 Å². The minimum Gasteiger partial charge on any atom is -0.382 e. The average molecular weight is 346 g/mol. The van der Waals surface area contributed by atoms with E-state index in [0.29, 0.717) is 26.4 Å². The van der Waals surface area contributed by atoms with E-state index >= 15 is 0 Å². The lowest BCUT2D eigenvalue weighted by molar-refractivity contribution is 0.0140. The molecule has 5 heteroatoms. The Kier molecular flexibility index (Phi) is 9.05. The highest BCUT2D eigenvalue weighted by molar-refractivity contribution is 9.10. The lowest BCUT2D eigenvalue weighted by Gasteiger charge is -2.23. The zero-order valence-corrected chi connectivity index (χ0v) is 13.8. The van der Waals surface area contributed by atoms with Crippen LogP contribution in [0.25, 0.3) is 0 Å². The third-order valence-corrected chi connectivity index (χ3v) is 3.57. The van der Waals surface area contributed by atoms with Crippen LogP contribution in [0.5, 0.6) is 0 Å². The van der Waals surface area contributed by atoms with E-state index in [0.717, 1.165) is 16.5 Å². The Hall–Kier alpha value is -0.460.